The molecule has 2 fully saturated rings. The molecule has 0 unspecified atom stereocenters. The average Bonchev–Trinajstić information content (AvgIpc) is 2.99. The Morgan fingerprint density at radius 2 is 2.06 bits per heavy atom. The molecule has 8 heteroatoms. The molecule has 94 valence electrons. The van der Waals surface area contributed by atoms with Gasteiger partial charge in [0.05, 0.1) is 19.3 Å². The number of aromatic nitrogens is 3. The molecule has 1 N–H and O–H groups in total. The third-order valence-corrected chi connectivity index (χ3v) is 3.33. The van der Waals surface area contributed by atoms with Crippen LogP contribution in [-0.2, 0) is 16.1 Å². The Morgan fingerprint density at radius 3 is 2.67 bits per heavy atom. The Hall–Kier alpha value is -2.25. The Labute approximate surface area is 102 Å². The predicted molar refractivity (Wildman–Crippen MR) is 56.9 cm³/mol. The van der Waals surface area contributed by atoms with Crippen molar-refractivity contribution in [1.82, 2.24) is 25.2 Å². The summed E-state index contributed by atoms with van der Waals surface area (Å²) in [7, 11) is 0. The number of nitrogens with one attached hydrogen (secondary N) is 1. The summed E-state index contributed by atoms with van der Waals surface area (Å²) in [4.78, 5) is 36.4. The number of amides is 4. The van der Waals surface area contributed by atoms with Gasteiger partial charge in [0.25, 0.3) is 0 Å². The zero-order valence-electron chi connectivity index (χ0n) is 9.50. The third-order valence-electron chi connectivity index (χ3n) is 3.33. The van der Waals surface area contributed by atoms with E-state index in [0.717, 1.165) is 4.90 Å². The second kappa shape index (κ2) is 3.62. The van der Waals surface area contributed by atoms with Crippen LogP contribution in [-0.4, -0.2) is 44.3 Å². The van der Waals surface area contributed by atoms with Crippen molar-refractivity contribution < 1.29 is 14.4 Å². The molecule has 0 bridgehead atoms. The van der Waals surface area contributed by atoms with Crippen molar-refractivity contribution in [3.63, 3.8) is 0 Å². The molecule has 1 spiro atoms. The number of urea groups is 1. The highest BCUT2D eigenvalue weighted by atomic mass is 16.2. The number of carbonyl (C=O) groups is 3. The minimum atomic E-state index is -0.976. The Balaban J connectivity index is 1.73. The van der Waals surface area contributed by atoms with E-state index in [2.05, 4.69) is 15.6 Å². The summed E-state index contributed by atoms with van der Waals surface area (Å²) >= 11 is 0. The van der Waals surface area contributed by atoms with Crippen molar-refractivity contribution in [3.8, 4) is 0 Å². The number of rotatable bonds is 3. The lowest BCUT2D eigenvalue weighted by atomic mass is 10.0. The highest BCUT2D eigenvalue weighted by molar-refractivity contribution is 6.20. The van der Waals surface area contributed by atoms with E-state index in [1.807, 2.05) is 0 Å². The van der Waals surface area contributed by atoms with Crippen LogP contribution in [0.2, 0.25) is 0 Å². The third kappa shape index (κ3) is 1.49. The van der Waals surface area contributed by atoms with Crippen molar-refractivity contribution in [2.45, 2.75) is 19.4 Å². The molecule has 1 aromatic heterocycles. The van der Waals surface area contributed by atoms with E-state index < -0.39 is 23.3 Å². The maximum absolute atomic E-state index is 12.1. The molecule has 1 aromatic rings. The number of hydrogen-bond donors (Lipinski definition) is 1. The molecule has 1 saturated carbocycles. The first kappa shape index (κ1) is 10.9. The van der Waals surface area contributed by atoms with Crippen LogP contribution < -0.4 is 5.32 Å². The largest absolute Gasteiger partial charge is 0.330 e. The van der Waals surface area contributed by atoms with Crippen LogP contribution in [0.5, 0.6) is 0 Å². The smallest absolute Gasteiger partial charge is 0.277 e. The topological polar surface area (TPSA) is 97.2 Å². The summed E-state index contributed by atoms with van der Waals surface area (Å²) in [6, 6.07) is -0.650. The molecule has 1 aliphatic heterocycles. The first-order valence-electron chi connectivity index (χ1n) is 5.65. The van der Waals surface area contributed by atoms with E-state index in [1.54, 1.807) is 6.20 Å². The van der Waals surface area contributed by atoms with Crippen molar-refractivity contribution in [3.05, 3.63) is 12.4 Å². The number of hydrogen-bond acceptors (Lipinski definition) is 5. The number of nitrogens with zero attached hydrogens (tertiary/aromatic N) is 4. The lowest BCUT2D eigenvalue weighted by Crippen LogP contribution is -2.59. The summed E-state index contributed by atoms with van der Waals surface area (Å²) < 4.78 is 1.52. The molecule has 8 nitrogen and oxygen atoms in total. The lowest BCUT2D eigenvalue weighted by Gasteiger charge is -2.29. The van der Waals surface area contributed by atoms with Crippen molar-refractivity contribution in [1.29, 1.82) is 0 Å². The van der Waals surface area contributed by atoms with Crippen molar-refractivity contribution in [2.75, 3.05) is 6.54 Å². The predicted octanol–water partition coefficient (Wildman–Crippen LogP) is -0.863. The van der Waals surface area contributed by atoms with Crippen LogP contribution in [0, 0.1) is 5.41 Å². The molecule has 0 radical (unpaired) electrons. The van der Waals surface area contributed by atoms with Crippen LogP contribution in [0.4, 0.5) is 4.79 Å². The van der Waals surface area contributed by atoms with Crippen molar-refractivity contribution in [2.24, 2.45) is 5.41 Å². The molecule has 4 amide bonds. The highest BCUT2D eigenvalue weighted by Crippen LogP contribution is 2.48. The lowest BCUT2D eigenvalue weighted by molar-refractivity contribution is -0.144. The summed E-state index contributed by atoms with van der Waals surface area (Å²) in [6.07, 6.45) is 4.20. The second-order valence-electron chi connectivity index (χ2n) is 4.46. The van der Waals surface area contributed by atoms with Gasteiger partial charge in [0, 0.05) is 6.20 Å². The van der Waals surface area contributed by atoms with Gasteiger partial charge >= 0.3 is 6.03 Å². The first-order valence-corrected chi connectivity index (χ1v) is 5.65. The maximum atomic E-state index is 12.1. The summed E-state index contributed by atoms with van der Waals surface area (Å²) in [5.41, 5.74) is -0.976. The van der Waals surface area contributed by atoms with Crippen molar-refractivity contribution >= 4 is 17.8 Å². The van der Waals surface area contributed by atoms with E-state index in [4.69, 9.17) is 0 Å². The molecular formula is C10H11N5O3. The maximum Gasteiger partial charge on any atom is 0.330 e. The fourth-order valence-corrected chi connectivity index (χ4v) is 2.06. The molecule has 0 atom stereocenters. The molecule has 3 rings (SSSR count). The summed E-state index contributed by atoms with van der Waals surface area (Å²) in [5, 5.41) is 9.60. The molecule has 2 aliphatic rings. The van der Waals surface area contributed by atoms with Crippen LogP contribution in [0.25, 0.3) is 0 Å². The van der Waals surface area contributed by atoms with Crippen LogP contribution in [0.3, 0.4) is 0 Å². The van der Waals surface area contributed by atoms with Gasteiger partial charge in [0.2, 0.25) is 11.8 Å². The van der Waals surface area contributed by atoms with E-state index in [-0.39, 0.29) is 6.54 Å². The second-order valence-corrected chi connectivity index (χ2v) is 4.46. The number of carbonyl (C=O) groups excluding carboxylic acids is 3. The standard InChI is InChI=1S/C10H11N5O3/c16-7-10(1-2-10)8(17)15(9(18)12-7)6-5-14-4-3-11-13-14/h3-4H,1-2,5-6H2,(H,12,16,18). The van der Waals surface area contributed by atoms with Crippen LogP contribution in [0.15, 0.2) is 12.4 Å². The van der Waals surface area contributed by atoms with Crippen LogP contribution in [0.1, 0.15) is 12.8 Å². The fraction of sp³-hybridized carbons (Fsp3) is 0.500. The van der Waals surface area contributed by atoms with Gasteiger partial charge < -0.3 is 0 Å². The van der Waals surface area contributed by atoms with E-state index in [9.17, 15) is 14.4 Å². The molecule has 0 aromatic carbocycles. The Morgan fingerprint density at radius 1 is 1.28 bits per heavy atom. The van der Waals surface area contributed by atoms with E-state index in [1.165, 1.54) is 10.9 Å². The van der Waals surface area contributed by atoms with Gasteiger partial charge in [-0.3, -0.25) is 24.5 Å². The molecule has 1 saturated heterocycles. The number of imide groups is 2. The summed E-state index contributed by atoms with van der Waals surface area (Å²) in [6.45, 7) is 0.548. The zero-order valence-corrected chi connectivity index (χ0v) is 9.50. The molecule has 2 heterocycles. The Bertz CT molecular complexity index is 520. The summed E-state index contributed by atoms with van der Waals surface area (Å²) in [5.74, 6) is -0.856. The van der Waals surface area contributed by atoms with Gasteiger partial charge in [-0.1, -0.05) is 5.21 Å². The van der Waals surface area contributed by atoms with E-state index >= 15 is 0 Å². The van der Waals surface area contributed by atoms with Gasteiger partial charge in [-0.05, 0) is 12.8 Å². The van der Waals surface area contributed by atoms with Gasteiger partial charge in [-0.2, -0.15) is 0 Å². The van der Waals surface area contributed by atoms with Gasteiger partial charge in [-0.15, -0.1) is 5.10 Å². The number of barbiturate groups is 1. The van der Waals surface area contributed by atoms with Gasteiger partial charge in [0.15, 0.2) is 0 Å². The molecule has 18 heavy (non-hydrogen) atoms. The minimum Gasteiger partial charge on any atom is -0.277 e. The molecule has 1 aliphatic carbocycles. The SMILES string of the molecule is O=C1NC(=O)C2(CC2)C(=O)N1CCn1ccnn1. The highest BCUT2D eigenvalue weighted by Gasteiger charge is 2.62. The average molecular weight is 249 g/mol. The first-order chi connectivity index (χ1) is 8.63. The minimum absolute atomic E-state index is 0.184. The Kier molecular flexibility index (Phi) is 2.19. The van der Waals surface area contributed by atoms with Crippen LogP contribution >= 0.6 is 0 Å². The molecular weight excluding hydrogens is 238 g/mol. The quantitative estimate of drug-likeness (QED) is 0.703. The fourth-order valence-electron chi connectivity index (χ4n) is 2.06. The zero-order chi connectivity index (χ0) is 12.8. The van der Waals surface area contributed by atoms with Gasteiger partial charge in [0.1, 0.15) is 5.41 Å². The monoisotopic (exact) mass is 249 g/mol. The van der Waals surface area contributed by atoms with E-state index in [0.29, 0.717) is 19.4 Å². The van der Waals surface area contributed by atoms with Gasteiger partial charge in [-0.25, -0.2) is 4.79 Å². The normalized spacial score (nSPS) is 21.3.